The number of para-hydroxylation sites is 2. The van der Waals surface area contributed by atoms with Gasteiger partial charge in [-0.05, 0) is 70.4 Å². The van der Waals surface area contributed by atoms with Gasteiger partial charge >= 0.3 is 104 Å². The molecule has 0 aliphatic heterocycles. The monoisotopic (exact) mass is 1210 g/mol. The van der Waals surface area contributed by atoms with E-state index >= 15 is 0 Å². The van der Waals surface area contributed by atoms with Gasteiger partial charge in [-0.15, -0.1) is 18.2 Å². The second kappa shape index (κ2) is 20.6. The van der Waals surface area contributed by atoms with Crippen LogP contribution >= 0.6 is 0 Å². The summed E-state index contributed by atoms with van der Waals surface area (Å²) in [5, 5.41) is 3.33. The number of fused-ring (bicyclic) bond motifs is 4. The van der Waals surface area contributed by atoms with E-state index in [0.717, 1.165) is 83.7 Å². The molecule has 10 rings (SSSR count). The van der Waals surface area contributed by atoms with Crippen LogP contribution in [0.3, 0.4) is 0 Å². The molecule has 0 saturated carbocycles. The average molecular weight is 1210 g/mol. The van der Waals surface area contributed by atoms with E-state index in [4.69, 9.17) is 14.4 Å². The summed E-state index contributed by atoms with van der Waals surface area (Å²) < 4.78 is 42.3. The van der Waals surface area contributed by atoms with E-state index in [9.17, 15) is 7.13 Å². The van der Waals surface area contributed by atoms with Crippen molar-refractivity contribution in [2.45, 2.75) is 103 Å². The van der Waals surface area contributed by atoms with Gasteiger partial charge in [0, 0.05) is 51.1 Å². The van der Waals surface area contributed by atoms with Crippen LogP contribution in [-0.4, -0.2) is 45.8 Å². The van der Waals surface area contributed by atoms with Crippen LogP contribution in [0.2, 0.25) is 36.9 Å². The molecule has 0 unspecified atom stereocenters. The van der Waals surface area contributed by atoms with Gasteiger partial charge in [0.15, 0.2) is 0 Å². The molecule has 0 N–H and O–H groups in total. The van der Waals surface area contributed by atoms with E-state index in [1.807, 2.05) is 88.6 Å². The molecule has 0 atom stereocenters. The number of hydrogen-bond donors (Lipinski definition) is 0. The van der Waals surface area contributed by atoms with E-state index < -0.39 is 33.1 Å². The first-order chi connectivity index (χ1) is 34.3. The second-order valence-corrected chi connectivity index (χ2v) is 37.8. The number of benzene rings is 6. The Labute approximate surface area is 445 Å². The zero-order chi connectivity index (χ0) is 52.4. The maximum absolute atomic E-state index is 12.8. The summed E-state index contributed by atoms with van der Waals surface area (Å²) in [4.78, 5) is 19.1. The molecule has 0 spiro atoms. The Bertz CT molecular complexity index is 3620. The number of rotatable bonds is 9. The van der Waals surface area contributed by atoms with Crippen molar-refractivity contribution in [2.24, 2.45) is 0 Å². The molecule has 0 saturated heterocycles. The van der Waals surface area contributed by atoms with Gasteiger partial charge in [0.25, 0.3) is 0 Å². The Balaban J connectivity index is 0.000000343. The topological polar surface area (TPSA) is 69.6 Å². The van der Waals surface area contributed by atoms with Gasteiger partial charge in [0.2, 0.25) is 0 Å². The fourth-order valence-corrected chi connectivity index (χ4v) is 12.2. The molecular weight excluding hydrogens is 1140 g/mol. The van der Waals surface area contributed by atoms with Gasteiger partial charge in [-0.25, -0.2) is 9.97 Å². The molecule has 0 aliphatic rings. The predicted octanol–water partition coefficient (Wildman–Crippen LogP) is 15.8. The third-order valence-electron chi connectivity index (χ3n) is 13.0. The van der Waals surface area contributed by atoms with E-state index in [1.165, 1.54) is 21.7 Å². The minimum absolute atomic E-state index is 0. The summed E-state index contributed by atoms with van der Waals surface area (Å²) in [5.41, 5.74) is 11.6. The van der Waals surface area contributed by atoms with Crippen LogP contribution in [0.1, 0.15) is 79.9 Å². The largest absolute Gasteiger partial charge is 0 e. The minimum atomic E-state index is -1.79. The summed E-state index contributed by atoms with van der Waals surface area (Å²) in [6, 6.07) is 48.4. The Morgan fingerprint density at radius 1 is 0.722 bits per heavy atom. The van der Waals surface area contributed by atoms with Crippen LogP contribution in [-0.2, 0) is 25.5 Å². The quantitative estimate of drug-likeness (QED) is 0.106. The van der Waals surface area contributed by atoms with Crippen LogP contribution < -0.4 is 9.58 Å². The van der Waals surface area contributed by atoms with E-state index in [-0.39, 0.29) is 31.3 Å². The van der Waals surface area contributed by atoms with Crippen LogP contribution in [0.4, 0.5) is 4.39 Å². The van der Waals surface area contributed by atoms with Gasteiger partial charge in [-0.1, -0.05) is 133 Å². The number of hydrogen-bond acceptors (Lipinski definition) is 5. The molecule has 0 fully saturated rings. The molecule has 0 aliphatic carbocycles. The molecule has 6 nitrogen and oxygen atoms in total. The van der Waals surface area contributed by atoms with Crippen molar-refractivity contribution in [1.29, 1.82) is 0 Å². The summed E-state index contributed by atoms with van der Waals surface area (Å²) in [5.74, 6) is 6.12. The Morgan fingerprint density at radius 2 is 1.42 bits per heavy atom. The maximum atomic E-state index is 12.8. The smallest absolute Gasteiger partial charge is 0 e. The van der Waals surface area contributed by atoms with Crippen molar-refractivity contribution in [2.75, 3.05) is 0 Å². The van der Waals surface area contributed by atoms with Gasteiger partial charge in [0.05, 0.1) is 36.2 Å². The Morgan fingerprint density at radius 3 is 2.03 bits per heavy atom. The standard InChI is InChI=1S/C48H49N4OSi.C14H15FGeN.Ir/c1-29(2)38-26-33(31-18-21-34(22-19-31)54(8,9)10)27-39(30(3)4)44(38)52-42-17-12-11-16-41(42)50-46(52)37-15-13-14-36-35-23-20-32(28-43(35)53-45(36)37)40-24-25-49-47(51-40)48(5,6)7;1-16(2,3)13-8-9-14(17-10-13)11-4-6-12(15)7-5-11;/h11-14,16-30H,1-10H3;4,6-10H,1-3H3;/q2*-1;/i29D,30D;;. The second-order valence-electron chi connectivity index (χ2n) is 22.0. The number of nitrogens with zero attached hydrogens (tertiary/aromatic N) is 5. The molecule has 0 amide bonds. The SMILES string of the molecule is [2H]C(C)(C)c1cc(-c2ccc([Si](C)(C)C)cc2)cc(C([2H])(C)C)c1-n1c(-c2[c-]ccc3c2oc2cc(-c4ccnc(C(C)(C)C)n4)ccc23)nc2ccccc21.[CH3][Ge]([CH3])([CH3])[c]1ccc(-c2[c-]cc(F)cc2)nc1.[Ir]. The number of aromatic nitrogens is 5. The first kappa shape index (κ1) is 49.7. The zero-order valence-electron chi connectivity index (χ0n) is 45.6. The van der Waals surface area contributed by atoms with E-state index in [1.54, 1.807) is 6.07 Å². The normalized spacial score (nSPS) is 12.9. The van der Waals surface area contributed by atoms with Crippen molar-refractivity contribution in [3.63, 3.8) is 0 Å². The zero-order valence-corrected chi connectivity index (χ0v) is 49.1. The van der Waals surface area contributed by atoms with Crippen molar-refractivity contribution in [3.05, 3.63) is 175 Å². The van der Waals surface area contributed by atoms with Crippen molar-refractivity contribution in [1.82, 2.24) is 24.5 Å². The number of imidazole rings is 1. The summed E-state index contributed by atoms with van der Waals surface area (Å²) in [6.45, 7) is 21.1. The molecule has 1 radical (unpaired) electrons. The molecule has 6 aromatic carbocycles. The van der Waals surface area contributed by atoms with Gasteiger partial charge in [0.1, 0.15) is 11.4 Å². The molecule has 4 heterocycles. The van der Waals surface area contributed by atoms with E-state index in [0.29, 0.717) is 17.0 Å². The molecule has 10 aromatic rings. The van der Waals surface area contributed by atoms with Crippen LogP contribution in [0.25, 0.3) is 83.7 Å². The van der Waals surface area contributed by atoms with Crippen LogP contribution in [0.5, 0.6) is 0 Å². The molecule has 72 heavy (non-hydrogen) atoms. The molecule has 10 heteroatoms. The molecule has 0 bridgehead atoms. The number of halogens is 1. The summed E-state index contributed by atoms with van der Waals surface area (Å²) >= 11 is -1.79. The van der Waals surface area contributed by atoms with Gasteiger partial charge < -0.3 is 8.98 Å². The molecule has 369 valence electrons. The summed E-state index contributed by atoms with van der Waals surface area (Å²) in [6.07, 6.45) is 3.77. The third-order valence-corrected chi connectivity index (χ3v) is 19.3. The third kappa shape index (κ3) is 10.8. The van der Waals surface area contributed by atoms with Crippen LogP contribution in [0, 0.1) is 17.9 Å². The Hall–Kier alpha value is -5.84. The van der Waals surface area contributed by atoms with Gasteiger partial charge in [-0.3, -0.25) is 4.98 Å². The number of pyridine rings is 1. The first-order valence-electron chi connectivity index (χ1n) is 25.4. The van der Waals surface area contributed by atoms with Gasteiger partial charge in [-0.2, -0.15) is 0 Å². The van der Waals surface area contributed by atoms with E-state index in [2.05, 4.69) is 145 Å². The molecule has 4 aromatic heterocycles. The Kier molecular flexibility index (Phi) is 14.2. The average Bonchev–Trinajstić information content (AvgIpc) is 3.91. The molecular formula is C62H64FGeIrN5OSi-2. The fraction of sp³-hybridized carbons (Fsp3) is 0.258. The van der Waals surface area contributed by atoms with Crippen LogP contribution in [0.15, 0.2) is 144 Å². The number of furan rings is 1. The van der Waals surface area contributed by atoms with Crippen molar-refractivity contribution >= 4 is 63.9 Å². The predicted molar refractivity (Wildman–Crippen MR) is 300 cm³/mol. The minimum Gasteiger partial charge on any atom is 0 e. The van der Waals surface area contributed by atoms with Crippen molar-refractivity contribution in [3.8, 4) is 50.7 Å². The fourth-order valence-electron chi connectivity index (χ4n) is 8.90. The maximum Gasteiger partial charge on any atom is 0 e. The first-order valence-corrected chi connectivity index (χ1v) is 35.2. The van der Waals surface area contributed by atoms with Crippen molar-refractivity contribution < 1.29 is 31.7 Å². The summed E-state index contributed by atoms with van der Waals surface area (Å²) in [7, 11) is -1.49.